The van der Waals surface area contributed by atoms with Crippen LogP contribution in [0.3, 0.4) is 0 Å². The lowest BCUT2D eigenvalue weighted by Crippen LogP contribution is -2.28. The van der Waals surface area contributed by atoms with Crippen molar-refractivity contribution in [1.82, 2.24) is 0 Å². The van der Waals surface area contributed by atoms with Gasteiger partial charge in [-0.2, -0.15) is 0 Å². The summed E-state index contributed by atoms with van der Waals surface area (Å²) in [4.78, 5) is 27.3. The van der Waals surface area contributed by atoms with Crippen molar-refractivity contribution in [2.45, 2.75) is 33.1 Å². The fourth-order valence-corrected chi connectivity index (χ4v) is 4.32. The Morgan fingerprint density at radius 3 is 2.63 bits per heavy atom. The van der Waals surface area contributed by atoms with E-state index in [0.29, 0.717) is 42.0 Å². The first-order valence-corrected chi connectivity index (χ1v) is 10.7. The van der Waals surface area contributed by atoms with Crippen molar-refractivity contribution in [2.75, 3.05) is 30.0 Å². The van der Waals surface area contributed by atoms with Crippen LogP contribution in [0.1, 0.15) is 31.4 Å². The van der Waals surface area contributed by atoms with Crippen LogP contribution >= 0.6 is 11.6 Å². The second-order valence-corrected chi connectivity index (χ2v) is 7.90. The van der Waals surface area contributed by atoms with Gasteiger partial charge in [0.05, 0.1) is 5.92 Å². The van der Waals surface area contributed by atoms with E-state index in [-0.39, 0.29) is 18.2 Å². The molecule has 0 unspecified atom stereocenters. The predicted molar refractivity (Wildman–Crippen MR) is 117 cm³/mol. The van der Waals surface area contributed by atoms with Crippen molar-refractivity contribution >= 4 is 34.8 Å². The largest absolute Gasteiger partial charge is 0.486 e. The second kappa shape index (κ2) is 8.56. The number of halogens is 1. The molecule has 4 rings (SSSR count). The van der Waals surface area contributed by atoms with Gasteiger partial charge in [-0.05, 0) is 42.2 Å². The molecule has 0 bridgehead atoms. The molecular weight excluding hydrogens is 404 g/mol. The van der Waals surface area contributed by atoms with Crippen LogP contribution in [0.4, 0.5) is 11.4 Å². The number of anilines is 2. The minimum Gasteiger partial charge on any atom is -0.486 e. The SMILES string of the molecule is CCc1ccc(Cl)c(CC)c1NC(=O)[C@@H]1CC(=O)N(c2ccc3c(c2)OCCO3)C1. The van der Waals surface area contributed by atoms with Crippen molar-refractivity contribution in [3.63, 3.8) is 0 Å². The van der Waals surface area contributed by atoms with E-state index >= 15 is 0 Å². The highest BCUT2D eigenvalue weighted by Gasteiger charge is 2.36. The second-order valence-electron chi connectivity index (χ2n) is 7.49. The van der Waals surface area contributed by atoms with Crippen molar-refractivity contribution in [3.8, 4) is 11.5 Å². The van der Waals surface area contributed by atoms with Crippen molar-refractivity contribution in [1.29, 1.82) is 0 Å². The topological polar surface area (TPSA) is 67.9 Å². The standard InChI is InChI=1S/C23H25ClN2O4/c1-3-14-5-7-18(24)17(4-2)22(14)25-23(28)15-11-21(27)26(13-15)16-6-8-19-20(12-16)30-10-9-29-19/h5-8,12,15H,3-4,9-11,13H2,1-2H3,(H,25,28)/t15-/m1/s1. The van der Waals surface area contributed by atoms with E-state index in [1.807, 2.05) is 32.0 Å². The highest BCUT2D eigenvalue weighted by atomic mass is 35.5. The fraction of sp³-hybridized carbons (Fsp3) is 0.391. The molecule has 0 aliphatic carbocycles. The minimum absolute atomic E-state index is 0.0793. The zero-order valence-electron chi connectivity index (χ0n) is 17.2. The quantitative estimate of drug-likeness (QED) is 0.773. The van der Waals surface area contributed by atoms with Gasteiger partial charge < -0.3 is 19.7 Å². The predicted octanol–water partition coefficient (Wildman–Crippen LogP) is 4.23. The molecule has 2 aromatic rings. The molecular formula is C23H25ClN2O4. The maximum Gasteiger partial charge on any atom is 0.229 e. The Labute approximate surface area is 181 Å². The van der Waals surface area contributed by atoms with Crippen LogP contribution in [-0.2, 0) is 22.4 Å². The highest BCUT2D eigenvalue weighted by Crippen LogP contribution is 2.36. The molecule has 2 aliphatic heterocycles. The Balaban J connectivity index is 1.52. The first-order chi connectivity index (χ1) is 14.5. The van der Waals surface area contributed by atoms with Gasteiger partial charge in [0, 0.05) is 35.4 Å². The molecule has 2 heterocycles. The van der Waals surface area contributed by atoms with Crippen LogP contribution in [0.25, 0.3) is 0 Å². The van der Waals surface area contributed by atoms with Crippen LogP contribution in [0.15, 0.2) is 30.3 Å². The first kappa shape index (κ1) is 20.5. The average Bonchev–Trinajstić information content (AvgIpc) is 3.15. The number of nitrogens with zero attached hydrogens (tertiary/aromatic N) is 1. The lowest BCUT2D eigenvalue weighted by atomic mass is 10.0. The molecule has 158 valence electrons. The number of ether oxygens (including phenoxy) is 2. The molecule has 1 saturated heterocycles. The third kappa shape index (κ3) is 3.84. The summed E-state index contributed by atoms with van der Waals surface area (Å²) in [7, 11) is 0. The van der Waals surface area contributed by atoms with Gasteiger partial charge in [-0.15, -0.1) is 0 Å². The fourth-order valence-electron chi connectivity index (χ4n) is 4.02. The number of nitrogens with one attached hydrogen (secondary N) is 1. The Morgan fingerprint density at radius 2 is 1.90 bits per heavy atom. The molecule has 0 radical (unpaired) electrons. The first-order valence-electron chi connectivity index (χ1n) is 10.3. The summed E-state index contributed by atoms with van der Waals surface area (Å²) in [6.45, 7) is 5.38. The van der Waals surface area contributed by atoms with Gasteiger partial charge in [-0.25, -0.2) is 0 Å². The Hall–Kier alpha value is -2.73. The summed E-state index contributed by atoms with van der Waals surface area (Å²) in [6, 6.07) is 9.24. The number of rotatable bonds is 5. The third-order valence-corrected chi connectivity index (χ3v) is 6.01. The highest BCUT2D eigenvalue weighted by molar-refractivity contribution is 6.32. The van der Waals surface area contributed by atoms with Crippen LogP contribution in [0.2, 0.25) is 5.02 Å². The summed E-state index contributed by atoms with van der Waals surface area (Å²) in [5.41, 5.74) is 3.46. The maximum atomic E-state index is 13.0. The molecule has 0 aromatic heterocycles. The summed E-state index contributed by atoms with van der Waals surface area (Å²) in [5, 5.41) is 3.70. The van der Waals surface area contributed by atoms with Crippen molar-refractivity contribution < 1.29 is 19.1 Å². The molecule has 1 atom stereocenters. The van der Waals surface area contributed by atoms with Crippen molar-refractivity contribution in [2.24, 2.45) is 5.92 Å². The van der Waals surface area contributed by atoms with E-state index in [1.165, 1.54) is 0 Å². The normalized spacial score (nSPS) is 17.9. The number of fused-ring (bicyclic) bond motifs is 1. The monoisotopic (exact) mass is 428 g/mol. The zero-order valence-corrected chi connectivity index (χ0v) is 17.9. The molecule has 7 heteroatoms. The van der Waals surface area contributed by atoms with Gasteiger partial charge >= 0.3 is 0 Å². The van der Waals surface area contributed by atoms with E-state index in [4.69, 9.17) is 21.1 Å². The Kier molecular flexibility index (Phi) is 5.86. The summed E-state index contributed by atoms with van der Waals surface area (Å²) >= 11 is 6.35. The van der Waals surface area contributed by atoms with Gasteiger partial charge in [0.25, 0.3) is 0 Å². The molecule has 2 amide bonds. The smallest absolute Gasteiger partial charge is 0.229 e. The van der Waals surface area contributed by atoms with Gasteiger partial charge in [-0.1, -0.05) is 31.5 Å². The van der Waals surface area contributed by atoms with Crippen LogP contribution in [-0.4, -0.2) is 31.6 Å². The Morgan fingerprint density at radius 1 is 1.13 bits per heavy atom. The van der Waals surface area contributed by atoms with E-state index in [9.17, 15) is 9.59 Å². The Bertz CT molecular complexity index is 991. The van der Waals surface area contributed by atoms with Gasteiger partial charge in [-0.3, -0.25) is 9.59 Å². The van der Waals surface area contributed by atoms with Crippen LogP contribution < -0.4 is 19.7 Å². The third-order valence-electron chi connectivity index (χ3n) is 5.66. The van der Waals surface area contributed by atoms with E-state index < -0.39 is 5.92 Å². The van der Waals surface area contributed by atoms with Crippen LogP contribution in [0, 0.1) is 5.92 Å². The van der Waals surface area contributed by atoms with E-state index in [2.05, 4.69) is 5.32 Å². The number of hydrogen-bond donors (Lipinski definition) is 1. The number of hydrogen-bond acceptors (Lipinski definition) is 4. The van der Waals surface area contributed by atoms with Gasteiger partial charge in [0.1, 0.15) is 13.2 Å². The molecule has 2 aromatic carbocycles. The molecule has 1 fully saturated rings. The van der Waals surface area contributed by atoms with E-state index in [0.717, 1.165) is 29.7 Å². The average molecular weight is 429 g/mol. The number of aryl methyl sites for hydroxylation is 1. The molecule has 2 aliphatic rings. The summed E-state index contributed by atoms with van der Waals surface area (Å²) < 4.78 is 11.2. The molecule has 1 N–H and O–H groups in total. The zero-order chi connectivity index (χ0) is 21.3. The summed E-state index contributed by atoms with van der Waals surface area (Å²) in [5.74, 6) is 0.628. The van der Waals surface area contributed by atoms with Crippen molar-refractivity contribution in [3.05, 3.63) is 46.5 Å². The molecule has 30 heavy (non-hydrogen) atoms. The number of benzene rings is 2. The van der Waals surface area contributed by atoms with E-state index in [1.54, 1.807) is 17.0 Å². The number of carbonyl (C=O) groups is 2. The molecule has 6 nitrogen and oxygen atoms in total. The molecule has 0 spiro atoms. The van der Waals surface area contributed by atoms with Gasteiger partial charge in [0.15, 0.2) is 11.5 Å². The number of carbonyl (C=O) groups excluding carboxylic acids is 2. The maximum absolute atomic E-state index is 13.0. The minimum atomic E-state index is -0.431. The van der Waals surface area contributed by atoms with Gasteiger partial charge in [0.2, 0.25) is 11.8 Å². The summed E-state index contributed by atoms with van der Waals surface area (Å²) in [6.07, 6.45) is 1.67. The number of amides is 2. The molecule has 0 saturated carbocycles. The van der Waals surface area contributed by atoms with Crippen LogP contribution in [0.5, 0.6) is 11.5 Å². The lowest BCUT2D eigenvalue weighted by molar-refractivity contribution is -0.122. The lowest BCUT2D eigenvalue weighted by Gasteiger charge is -2.22.